The molecule has 1 aromatic carbocycles. The maximum atomic E-state index is 9.62. The quantitative estimate of drug-likeness (QED) is 0.448. The molecule has 1 N–H and O–H groups in total. The maximum absolute atomic E-state index is 9.62. The van der Waals surface area contributed by atoms with E-state index < -0.39 is 6.10 Å². The van der Waals surface area contributed by atoms with Crippen LogP contribution in [-0.2, 0) is 11.3 Å². The van der Waals surface area contributed by atoms with Gasteiger partial charge in [-0.1, -0.05) is 43.7 Å². The molecule has 0 fully saturated rings. The molecule has 1 unspecified atom stereocenters. The fourth-order valence-corrected chi connectivity index (χ4v) is 2.17. The van der Waals surface area contributed by atoms with Gasteiger partial charge in [-0.05, 0) is 36.8 Å². The van der Waals surface area contributed by atoms with Gasteiger partial charge >= 0.3 is 0 Å². The van der Waals surface area contributed by atoms with E-state index in [-0.39, 0.29) is 0 Å². The molecule has 1 rings (SSSR count). The Hall–Kier alpha value is -0.950. The molecule has 3 heteroatoms. The van der Waals surface area contributed by atoms with Gasteiger partial charge in [0.25, 0.3) is 0 Å². The number of ether oxygens (including phenoxy) is 1. The molecule has 110 valence electrons. The molecule has 0 aliphatic heterocycles. The Morgan fingerprint density at radius 2 is 2.00 bits per heavy atom. The molecule has 2 nitrogen and oxygen atoms in total. The summed E-state index contributed by atoms with van der Waals surface area (Å²) < 4.78 is 5.48. The minimum Gasteiger partial charge on any atom is -0.380 e. The summed E-state index contributed by atoms with van der Waals surface area (Å²) in [4.78, 5) is 1.25. The molecule has 0 aliphatic rings. The Balaban J connectivity index is 2.17. The third-order valence-electron chi connectivity index (χ3n) is 2.95. The Morgan fingerprint density at radius 1 is 1.25 bits per heavy atom. The van der Waals surface area contributed by atoms with Crippen LogP contribution in [0.1, 0.15) is 38.2 Å². The topological polar surface area (TPSA) is 29.5 Å². The van der Waals surface area contributed by atoms with Crippen molar-refractivity contribution in [3.05, 3.63) is 29.8 Å². The van der Waals surface area contributed by atoms with Gasteiger partial charge in [0.15, 0.2) is 0 Å². The van der Waals surface area contributed by atoms with Crippen molar-refractivity contribution in [1.29, 1.82) is 0 Å². The fraction of sp³-hybridized carbons (Fsp3) is 0.529. The zero-order valence-electron chi connectivity index (χ0n) is 12.4. The van der Waals surface area contributed by atoms with Crippen molar-refractivity contribution in [3.63, 3.8) is 0 Å². The number of hydrogen-bond acceptors (Lipinski definition) is 3. The average molecular weight is 292 g/mol. The van der Waals surface area contributed by atoms with Gasteiger partial charge in [-0.2, -0.15) is 0 Å². The van der Waals surface area contributed by atoms with Gasteiger partial charge in [-0.15, -0.1) is 11.8 Å². The molecular weight excluding hydrogens is 268 g/mol. The maximum Gasteiger partial charge on any atom is 0.114 e. The molecule has 0 saturated carbocycles. The van der Waals surface area contributed by atoms with E-state index in [1.807, 2.05) is 0 Å². The van der Waals surface area contributed by atoms with Crippen LogP contribution in [0.25, 0.3) is 0 Å². The largest absolute Gasteiger partial charge is 0.380 e. The third kappa shape index (κ3) is 7.59. The van der Waals surface area contributed by atoms with E-state index in [1.54, 1.807) is 11.8 Å². The first-order valence-corrected chi connectivity index (χ1v) is 8.36. The predicted octanol–water partition coefficient (Wildman–Crippen LogP) is 3.87. The first-order chi connectivity index (χ1) is 9.76. The van der Waals surface area contributed by atoms with E-state index in [1.165, 1.54) is 11.3 Å². The van der Waals surface area contributed by atoms with E-state index in [2.05, 4.69) is 49.3 Å². The summed E-state index contributed by atoms with van der Waals surface area (Å²) in [5.41, 5.74) is 1.15. The summed E-state index contributed by atoms with van der Waals surface area (Å²) in [6.07, 6.45) is 5.67. The van der Waals surface area contributed by atoms with Crippen molar-refractivity contribution in [2.24, 2.45) is 0 Å². The molecule has 20 heavy (non-hydrogen) atoms. The molecule has 1 aromatic rings. The summed E-state index contributed by atoms with van der Waals surface area (Å²) in [5.74, 6) is 5.70. The van der Waals surface area contributed by atoms with Crippen LogP contribution in [0, 0.1) is 11.8 Å². The van der Waals surface area contributed by atoms with Gasteiger partial charge in [0.2, 0.25) is 0 Å². The second-order valence-electron chi connectivity index (χ2n) is 4.67. The average Bonchev–Trinajstić information content (AvgIpc) is 2.48. The monoisotopic (exact) mass is 292 g/mol. The minimum atomic E-state index is -0.508. The zero-order chi connectivity index (χ0) is 14.6. The highest BCUT2D eigenvalue weighted by Gasteiger charge is 1.97. The molecular formula is C17H24O2S. The standard InChI is InChI=1S/C17H24O2S/c1-3-4-5-7-16(18)8-6-13-19-14-15-9-11-17(20-2)12-10-15/h9-12,16,18H,3-5,7,13-14H2,1-2H3. The smallest absolute Gasteiger partial charge is 0.114 e. The molecule has 0 aliphatic carbocycles. The van der Waals surface area contributed by atoms with E-state index >= 15 is 0 Å². The highest BCUT2D eigenvalue weighted by Crippen LogP contribution is 2.15. The lowest BCUT2D eigenvalue weighted by Gasteiger charge is -2.03. The van der Waals surface area contributed by atoms with Crippen LogP contribution >= 0.6 is 11.8 Å². The normalized spacial score (nSPS) is 11.8. The third-order valence-corrected chi connectivity index (χ3v) is 3.70. The highest BCUT2D eigenvalue weighted by atomic mass is 32.2. The van der Waals surface area contributed by atoms with E-state index in [0.717, 1.165) is 24.8 Å². The number of benzene rings is 1. The molecule has 0 aromatic heterocycles. The van der Waals surface area contributed by atoms with Crippen molar-refractivity contribution >= 4 is 11.8 Å². The summed E-state index contributed by atoms with van der Waals surface area (Å²) in [6.45, 7) is 3.09. The van der Waals surface area contributed by atoms with Crippen molar-refractivity contribution in [1.82, 2.24) is 0 Å². The summed E-state index contributed by atoms with van der Waals surface area (Å²) in [5, 5.41) is 9.62. The second-order valence-corrected chi connectivity index (χ2v) is 5.55. The fourth-order valence-electron chi connectivity index (χ4n) is 1.76. The highest BCUT2D eigenvalue weighted by molar-refractivity contribution is 7.98. The van der Waals surface area contributed by atoms with Crippen LogP contribution in [0.3, 0.4) is 0 Å². The SMILES string of the molecule is CCCCCC(O)C#CCOCc1ccc(SC)cc1. The minimum absolute atomic E-state index is 0.370. The van der Waals surface area contributed by atoms with Crippen LogP contribution < -0.4 is 0 Å². The first kappa shape index (κ1) is 17.1. The Morgan fingerprint density at radius 3 is 2.65 bits per heavy atom. The first-order valence-electron chi connectivity index (χ1n) is 7.13. The van der Waals surface area contributed by atoms with E-state index in [9.17, 15) is 5.11 Å². The molecule has 0 saturated heterocycles. The second kappa shape index (κ2) is 10.8. The van der Waals surface area contributed by atoms with Gasteiger partial charge in [0.1, 0.15) is 12.7 Å². The number of unbranched alkanes of at least 4 members (excludes halogenated alkanes) is 2. The van der Waals surface area contributed by atoms with Crippen molar-refractivity contribution < 1.29 is 9.84 Å². The molecule has 0 heterocycles. The molecule has 0 spiro atoms. The molecule has 0 radical (unpaired) electrons. The van der Waals surface area contributed by atoms with Crippen LogP contribution in [0.4, 0.5) is 0 Å². The number of hydrogen-bond donors (Lipinski definition) is 1. The van der Waals surface area contributed by atoms with Gasteiger partial charge in [0.05, 0.1) is 6.61 Å². The summed E-state index contributed by atoms with van der Waals surface area (Å²) >= 11 is 1.73. The van der Waals surface area contributed by atoms with Gasteiger partial charge in [0, 0.05) is 4.90 Å². The van der Waals surface area contributed by atoms with E-state index in [4.69, 9.17) is 4.74 Å². The van der Waals surface area contributed by atoms with Gasteiger partial charge in [-0.3, -0.25) is 0 Å². The van der Waals surface area contributed by atoms with Crippen molar-refractivity contribution in [2.75, 3.05) is 12.9 Å². The van der Waals surface area contributed by atoms with E-state index in [0.29, 0.717) is 13.2 Å². The van der Waals surface area contributed by atoms with Gasteiger partial charge < -0.3 is 9.84 Å². The number of rotatable bonds is 8. The number of aliphatic hydroxyl groups is 1. The Kier molecular flexibility index (Phi) is 9.23. The summed E-state index contributed by atoms with van der Waals surface area (Å²) in [6, 6.07) is 8.32. The van der Waals surface area contributed by atoms with Crippen LogP contribution in [0.2, 0.25) is 0 Å². The van der Waals surface area contributed by atoms with Crippen LogP contribution in [0.5, 0.6) is 0 Å². The Bertz CT molecular complexity index is 417. The molecule has 1 atom stereocenters. The zero-order valence-corrected chi connectivity index (χ0v) is 13.2. The lowest BCUT2D eigenvalue weighted by molar-refractivity contribution is 0.152. The lowest BCUT2D eigenvalue weighted by Crippen LogP contribution is -2.03. The van der Waals surface area contributed by atoms with Gasteiger partial charge in [-0.25, -0.2) is 0 Å². The van der Waals surface area contributed by atoms with Crippen LogP contribution in [0.15, 0.2) is 29.2 Å². The molecule has 0 bridgehead atoms. The summed E-state index contributed by atoms with van der Waals surface area (Å²) in [7, 11) is 0. The lowest BCUT2D eigenvalue weighted by atomic mass is 10.1. The van der Waals surface area contributed by atoms with Crippen molar-refractivity contribution in [3.8, 4) is 11.8 Å². The molecule has 0 amide bonds. The number of aliphatic hydroxyl groups excluding tert-OH is 1. The number of thioether (sulfide) groups is 1. The Labute approximate surface area is 126 Å². The van der Waals surface area contributed by atoms with Crippen molar-refractivity contribution in [2.45, 2.75) is 50.2 Å². The predicted molar refractivity (Wildman–Crippen MR) is 85.8 cm³/mol. The van der Waals surface area contributed by atoms with Crippen LogP contribution in [-0.4, -0.2) is 24.1 Å².